The zero-order chi connectivity index (χ0) is 17.5. The molecule has 1 amide bonds. The Labute approximate surface area is 140 Å². The quantitative estimate of drug-likeness (QED) is 0.825. The number of hydrogen-bond donors (Lipinski definition) is 1. The molecule has 0 fully saturated rings. The molecule has 2 aromatic rings. The third kappa shape index (κ3) is 4.49. The number of esters is 1. The van der Waals surface area contributed by atoms with E-state index in [1.807, 2.05) is 25.1 Å². The van der Waals surface area contributed by atoms with Crippen LogP contribution < -0.4 is 14.8 Å². The van der Waals surface area contributed by atoms with Crippen molar-refractivity contribution in [1.29, 1.82) is 0 Å². The highest BCUT2D eigenvalue weighted by atomic mass is 16.5. The summed E-state index contributed by atoms with van der Waals surface area (Å²) >= 11 is 0. The third-order valence-corrected chi connectivity index (χ3v) is 3.26. The molecule has 24 heavy (non-hydrogen) atoms. The highest BCUT2D eigenvalue weighted by Gasteiger charge is 2.16. The molecule has 0 aromatic heterocycles. The molecule has 0 atom stereocenters. The number of benzene rings is 2. The lowest BCUT2D eigenvalue weighted by Crippen LogP contribution is -2.21. The van der Waals surface area contributed by atoms with Crippen LogP contribution in [0.4, 0.5) is 5.69 Å². The lowest BCUT2D eigenvalue weighted by molar-refractivity contribution is -0.119. The summed E-state index contributed by atoms with van der Waals surface area (Å²) in [5.74, 6) is -0.186. The summed E-state index contributed by atoms with van der Waals surface area (Å²) in [6.45, 7) is 1.54. The maximum atomic E-state index is 12.1. The van der Waals surface area contributed by atoms with Crippen molar-refractivity contribution in [2.75, 3.05) is 26.1 Å². The fourth-order valence-corrected chi connectivity index (χ4v) is 2.10. The van der Waals surface area contributed by atoms with E-state index in [0.29, 0.717) is 17.2 Å². The molecule has 2 aromatic carbocycles. The minimum absolute atomic E-state index is 0.224. The normalized spacial score (nSPS) is 9.96. The van der Waals surface area contributed by atoms with Crippen molar-refractivity contribution in [3.63, 3.8) is 0 Å². The first-order chi connectivity index (χ1) is 11.5. The van der Waals surface area contributed by atoms with Crippen LogP contribution in [-0.2, 0) is 9.53 Å². The molecule has 0 spiro atoms. The van der Waals surface area contributed by atoms with E-state index < -0.39 is 11.9 Å². The largest absolute Gasteiger partial charge is 0.497 e. The number of aryl methyl sites for hydroxylation is 1. The zero-order valence-electron chi connectivity index (χ0n) is 13.8. The molecule has 2 rings (SSSR count). The van der Waals surface area contributed by atoms with Crippen LogP contribution in [-0.4, -0.2) is 32.7 Å². The van der Waals surface area contributed by atoms with Gasteiger partial charge in [0.15, 0.2) is 6.61 Å². The van der Waals surface area contributed by atoms with Gasteiger partial charge in [0.05, 0.1) is 14.2 Å². The summed E-state index contributed by atoms with van der Waals surface area (Å²) in [7, 11) is 2.96. The first kappa shape index (κ1) is 17.3. The van der Waals surface area contributed by atoms with Crippen LogP contribution in [0.5, 0.6) is 11.5 Å². The summed E-state index contributed by atoms with van der Waals surface area (Å²) in [5.41, 5.74) is 1.90. The third-order valence-electron chi connectivity index (χ3n) is 3.26. The predicted octanol–water partition coefficient (Wildman–Crippen LogP) is 2.81. The standard InChI is InChI=1S/C18H19NO5/c1-12-5-4-6-13(9-12)19-17(20)11-24-18(21)15-8-7-14(22-2)10-16(15)23-3/h4-10H,11H2,1-3H3,(H,19,20). The maximum absolute atomic E-state index is 12.1. The molecule has 0 saturated heterocycles. The Morgan fingerprint density at radius 1 is 1.04 bits per heavy atom. The summed E-state index contributed by atoms with van der Waals surface area (Å²) in [5, 5.41) is 2.67. The number of nitrogens with one attached hydrogen (secondary N) is 1. The van der Waals surface area contributed by atoms with E-state index in [9.17, 15) is 9.59 Å². The summed E-state index contributed by atoms with van der Waals surface area (Å²) in [6.07, 6.45) is 0. The van der Waals surface area contributed by atoms with Gasteiger partial charge in [-0.2, -0.15) is 0 Å². The van der Waals surface area contributed by atoms with E-state index in [0.717, 1.165) is 5.56 Å². The van der Waals surface area contributed by atoms with Crippen LogP contribution >= 0.6 is 0 Å². The Bertz CT molecular complexity index is 742. The summed E-state index contributed by atoms with van der Waals surface area (Å²) in [4.78, 5) is 24.0. The van der Waals surface area contributed by atoms with E-state index in [2.05, 4.69) is 5.32 Å². The second-order valence-electron chi connectivity index (χ2n) is 5.06. The molecule has 0 radical (unpaired) electrons. The number of methoxy groups -OCH3 is 2. The molecule has 0 aliphatic heterocycles. The number of anilines is 1. The van der Waals surface area contributed by atoms with Gasteiger partial charge >= 0.3 is 5.97 Å². The Morgan fingerprint density at radius 3 is 2.50 bits per heavy atom. The topological polar surface area (TPSA) is 73.9 Å². The fraction of sp³-hybridized carbons (Fsp3) is 0.222. The van der Waals surface area contributed by atoms with Gasteiger partial charge in [0.25, 0.3) is 5.91 Å². The van der Waals surface area contributed by atoms with E-state index >= 15 is 0 Å². The van der Waals surface area contributed by atoms with Crippen molar-refractivity contribution in [3.8, 4) is 11.5 Å². The Hall–Kier alpha value is -3.02. The van der Waals surface area contributed by atoms with Crippen molar-refractivity contribution in [2.24, 2.45) is 0 Å². The van der Waals surface area contributed by atoms with E-state index in [-0.39, 0.29) is 12.2 Å². The van der Waals surface area contributed by atoms with Gasteiger partial charge in [0.1, 0.15) is 17.1 Å². The van der Waals surface area contributed by atoms with Crippen molar-refractivity contribution < 1.29 is 23.8 Å². The summed E-state index contributed by atoms with van der Waals surface area (Å²) < 4.78 is 15.2. The lowest BCUT2D eigenvalue weighted by Gasteiger charge is -2.10. The van der Waals surface area contributed by atoms with E-state index in [4.69, 9.17) is 14.2 Å². The highest BCUT2D eigenvalue weighted by Crippen LogP contribution is 2.25. The first-order valence-electron chi connectivity index (χ1n) is 7.29. The van der Waals surface area contributed by atoms with E-state index in [1.165, 1.54) is 20.3 Å². The molecule has 6 nitrogen and oxygen atoms in total. The van der Waals surface area contributed by atoms with Crippen molar-refractivity contribution in [2.45, 2.75) is 6.92 Å². The molecular formula is C18H19NO5. The zero-order valence-corrected chi connectivity index (χ0v) is 13.8. The number of amides is 1. The lowest BCUT2D eigenvalue weighted by atomic mass is 10.2. The molecular weight excluding hydrogens is 310 g/mol. The van der Waals surface area contributed by atoms with Crippen molar-refractivity contribution in [1.82, 2.24) is 0 Å². The molecule has 0 aliphatic rings. The van der Waals surface area contributed by atoms with Gasteiger partial charge < -0.3 is 19.5 Å². The van der Waals surface area contributed by atoms with Crippen molar-refractivity contribution >= 4 is 17.6 Å². The SMILES string of the molecule is COc1ccc(C(=O)OCC(=O)Nc2cccc(C)c2)c(OC)c1. The molecule has 126 valence electrons. The average Bonchev–Trinajstić information content (AvgIpc) is 2.59. The number of carbonyl (C=O) groups excluding carboxylic acids is 2. The second kappa shape index (κ2) is 8.01. The minimum Gasteiger partial charge on any atom is -0.497 e. The van der Waals surface area contributed by atoms with Gasteiger partial charge in [-0.15, -0.1) is 0 Å². The first-order valence-corrected chi connectivity index (χ1v) is 7.29. The molecule has 1 N–H and O–H groups in total. The van der Waals surface area contributed by atoms with Crippen LogP contribution in [0.2, 0.25) is 0 Å². The van der Waals surface area contributed by atoms with Crippen molar-refractivity contribution in [3.05, 3.63) is 53.6 Å². The molecule has 0 unspecified atom stereocenters. The van der Waals surface area contributed by atoms with Gasteiger partial charge in [-0.1, -0.05) is 12.1 Å². The Morgan fingerprint density at radius 2 is 1.83 bits per heavy atom. The number of rotatable bonds is 6. The number of carbonyl (C=O) groups is 2. The second-order valence-corrected chi connectivity index (χ2v) is 5.06. The van der Waals surface area contributed by atoms with Gasteiger partial charge in [0, 0.05) is 11.8 Å². The van der Waals surface area contributed by atoms with Crippen LogP contribution in [0.3, 0.4) is 0 Å². The van der Waals surface area contributed by atoms with Crippen LogP contribution in [0.15, 0.2) is 42.5 Å². The van der Waals surface area contributed by atoms with Gasteiger partial charge in [-0.25, -0.2) is 4.79 Å². The molecule has 0 aliphatic carbocycles. The predicted molar refractivity (Wildman–Crippen MR) is 89.6 cm³/mol. The smallest absolute Gasteiger partial charge is 0.342 e. The van der Waals surface area contributed by atoms with E-state index in [1.54, 1.807) is 18.2 Å². The Balaban J connectivity index is 1.96. The van der Waals surface area contributed by atoms with Crippen LogP contribution in [0.25, 0.3) is 0 Å². The van der Waals surface area contributed by atoms with Crippen LogP contribution in [0, 0.1) is 6.92 Å². The number of hydrogen-bond acceptors (Lipinski definition) is 5. The number of ether oxygens (including phenoxy) is 3. The van der Waals surface area contributed by atoms with Gasteiger partial charge in [-0.3, -0.25) is 4.79 Å². The minimum atomic E-state index is -0.645. The average molecular weight is 329 g/mol. The molecule has 0 heterocycles. The monoisotopic (exact) mass is 329 g/mol. The van der Waals surface area contributed by atoms with Gasteiger partial charge in [-0.05, 0) is 36.8 Å². The molecule has 6 heteroatoms. The van der Waals surface area contributed by atoms with Gasteiger partial charge in [0.2, 0.25) is 0 Å². The molecule has 0 bridgehead atoms. The Kier molecular flexibility index (Phi) is 5.78. The summed E-state index contributed by atoms with van der Waals surface area (Å²) in [6, 6.07) is 12.1. The maximum Gasteiger partial charge on any atom is 0.342 e. The fourth-order valence-electron chi connectivity index (χ4n) is 2.10. The molecule has 0 saturated carbocycles. The van der Waals surface area contributed by atoms with Crippen LogP contribution in [0.1, 0.15) is 15.9 Å². The highest BCUT2D eigenvalue weighted by molar-refractivity contribution is 5.97.